The fraction of sp³-hybridized carbons (Fsp3) is 0.692. The van der Waals surface area contributed by atoms with E-state index in [0.29, 0.717) is 52.1 Å². The summed E-state index contributed by atoms with van der Waals surface area (Å²) in [5, 5.41) is 11.4. The summed E-state index contributed by atoms with van der Waals surface area (Å²) < 4.78 is 0. The van der Waals surface area contributed by atoms with Crippen LogP contribution >= 0.6 is 0 Å². The number of aliphatic hydroxyl groups is 1. The molecule has 1 fully saturated rings. The van der Waals surface area contributed by atoms with Gasteiger partial charge < -0.3 is 15.3 Å². The first kappa shape index (κ1) is 15.7. The van der Waals surface area contributed by atoms with Crippen LogP contribution in [0.3, 0.4) is 0 Å². The van der Waals surface area contributed by atoms with Gasteiger partial charge in [0.2, 0.25) is 11.8 Å². The third-order valence-electron chi connectivity index (χ3n) is 3.08. The molecule has 0 bridgehead atoms. The van der Waals surface area contributed by atoms with E-state index in [1.54, 1.807) is 11.0 Å². The Labute approximate surface area is 114 Å². The maximum Gasteiger partial charge on any atom is 0.234 e. The number of piperazine rings is 1. The summed E-state index contributed by atoms with van der Waals surface area (Å²) in [6.07, 6.45) is 2.56. The van der Waals surface area contributed by atoms with Gasteiger partial charge in [-0.1, -0.05) is 6.08 Å². The minimum absolute atomic E-state index is 0.0139. The second kappa shape index (κ2) is 8.66. The van der Waals surface area contributed by atoms with Crippen LogP contribution in [0.15, 0.2) is 12.7 Å². The van der Waals surface area contributed by atoms with Crippen LogP contribution in [0.4, 0.5) is 0 Å². The molecule has 19 heavy (non-hydrogen) atoms. The maximum absolute atomic E-state index is 11.7. The largest absolute Gasteiger partial charge is 0.396 e. The molecule has 0 atom stereocenters. The average molecular weight is 269 g/mol. The Morgan fingerprint density at radius 3 is 2.53 bits per heavy atom. The molecule has 6 nitrogen and oxygen atoms in total. The summed E-state index contributed by atoms with van der Waals surface area (Å²) in [6.45, 7) is 7.18. The molecule has 1 rings (SSSR count). The Kier molecular flexibility index (Phi) is 7.14. The lowest BCUT2D eigenvalue weighted by Crippen LogP contribution is -2.51. The van der Waals surface area contributed by atoms with Crippen molar-refractivity contribution in [1.82, 2.24) is 15.1 Å². The van der Waals surface area contributed by atoms with Crippen LogP contribution < -0.4 is 5.32 Å². The molecule has 0 unspecified atom stereocenters. The van der Waals surface area contributed by atoms with Crippen molar-refractivity contribution < 1.29 is 14.7 Å². The van der Waals surface area contributed by atoms with Gasteiger partial charge in [-0.05, 0) is 6.42 Å². The zero-order valence-electron chi connectivity index (χ0n) is 11.3. The molecule has 0 spiro atoms. The van der Waals surface area contributed by atoms with Crippen molar-refractivity contribution in [2.75, 3.05) is 45.9 Å². The lowest BCUT2D eigenvalue weighted by Gasteiger charge is -2.34. The molecule has 108 valence electrons. The second-order valence-electron chi connectivity index (χ2n) is 4.58. The first-order chi connectivity index (χ1) is 9.17. The predicted molar refractivity (Wildman–Crippen MR) is 72.5 cm³/mol. The molecule has 0 aliphatic carbocycles. The molecule has 1 saturated heterocycles. The minimum Gasteiger partial charge on any atom is -0.396 e. The van der Waals surface area contributed by atoms with Gasteiger partial charge in [0, 0.05) is 45.8 Å². The number of hydrogen-bond donors (Lipinski definition) is 2. The molecular formula is C13H23N3O3. The van der Waals surface area contributed by atoms with Gasteiger partial charge in [-0.15, -0.1) is 6.58 Å². The molecule has 0 aromatic rings. The number of carbonyl (C=O) groups is 2. The van der Waals surface area contributed by atoms with Crippen molar-refractivity contribution >= 4 is 11.8 Å². The smallest absolute Gasteiger partial charge is 0.234 e. The molecule has 1 aliphatic rings. The van der Waals surface area contributed by atoms with E-state index in [1.807, 2.05) is 4.90 Å². The highest BCUT2D eigenvalue weighted by Crippen LogP contribution is 2.04. The number of aliphatic hydroxyl groups excluding tert-OH is 1. The number of carbonyl (C=O) groups excluding carboxylic acids is 2. The van der Waals surface area contributed by atoms with Gasteiger partial charge in [0.25, 0.3) is 0 Å². The highest BCUT2D eigenvalue weighted by atomic mass is 16.3. The topological polar surface area (TPSA) is 72.9 Å². The van der Waals surface area contributed by atoms with Crippen LogP contribution in [0, 0.1) is 0 Å². The predicted octanol–water partition coefficient (Wildman–Crippen LogP) is -0.795. The van der Waals surface area contributed by atoms with Crippen LogP contribution in [-0.4, -0.2) is 72.6 Å². The molecule has 0 aromatic carbocycles. The van der Waals surface area contributed by atoms with Crippen LogP contribution in [-0.2, 0) is 9.59 Å². The summed E-state index contributed by atoms with van der Waals surface area (Å²) in [5.74, 6) is 0.0739. The third-order valence-corrected chi connectivity index (χ3v) is 3.08. The van der Waals surface area contributed by atoms with Gasteiger partial charge in [-0.25, -0.2) is 0 Å². The van der Waals surface area contributed by atoms with E-state index in [-0.39, 0.29) is 18.4 Å². The van der Waals surface area contributed by atoms with Crippen molar-refractivity contribution in [3.05, 3.63) is 12.7 Å². The Bertz CT molecular complexity index is 312. The Morgan fingerprint density at radius 1 is 1.26 bits per heavy atom. The van der Waals surface area contributed by atoms with E-state index < -0.39 is 0 Å². The molecule has 0 aromatic heterocycles. The van der Waals surface area contributed by atoms with E-state index in [9.17, 15) is 9.59 Å². The molecule has 6 heteroatoms. The van der Waals surface area contributed by atoms with Gasteiger partial charge in [0.15, 0.2) is 0 Å². The quantitative estimate of drug-likeness (QED) is 0.594. The summed E-state index contributed by atoms with van der Waals surface area (Å²) in [6, 6.07) is 0. The standard InChI is InChI=1S/C13H23N3O3/c1-2-5-14-12(18)11-15-6-8-16(9-7-15)13(19)4-3-10-17/h2,17H,1,3-11H2,(H,14,18). The Balaban J connectivity index is 2.23. The highest BCUT2D eigenvalue weighted by Gasteiger charge is 2.21. The zero-order chi connectivity index (χ0) is 14.1. The highest BCUT2D eigenvalue weighted by molar-refractivity contribution is 5.78. The normalized spacial score (nSPS) is 16.2. The van der Waals surface area contributed by atoms with Crippen LogP contribution in [0.1, 0.15) is 12.8 Å². The molecule has 2 amide bonds. The summed E-state index contributed by atoms with van der Waals surface area (Å²) >= 11 is 0. The van der Waals surface area contributed by atoms with Gasteiger partial charge in [0.1, 0.15) is 0 Å². The minimum atomic E-state index is -0.0139. The molecule has 1 heterocycles. The number of nitrogens with one attached hydrogen (secondary N) is 1. The summed E-state index contributed by atoms with van der Waals surface area (Å²) in [4.78, 5) is 27.1. The molecule has 1 aliphatic heterocycles. The first-order valence-corrected chi connectivity index (χ1v) is 6.66. The van der Waals surface area contributed by atoms with Crippen LogP contribution in [0.2, 0.25) is 0 Å². The van der Waals surface area contributed by atoms with Gasteiger partial charge >= 0.3 is 0 Å². The summed E-state index contributed by atoms with van der Waals surface area (Å²) in [7, 11) is 0. The van der Waals surface area contributed by atoms with E-state index in [0.717, 1.165) is 0 Å². The number of amides is 2. The van der Waals surface area contributed by atoms with Crippen LogP contribution in [0.5, 0.6) is 0 Å². The molecule has 2 N–H and O–H groups in total. The number of rotatable bonds is 7. The van der Waals surface area contributed by atoms with E-state index in [4.69, 9.17) is 5.11 Å². The van der Waals surface area contributed by atoms with Crippen molar-refractivity contribution in [1.29, 1.82) is 0 Å². The fourth-order valence-electron chi connectivity index (χ4n) is 1.99. The van der Waals surface area contributed by atoms with E-state index in [1.165, 1.54) is 0 Å². The molecule has 0 saturated carbocycles. The lowest BCUT2D eigenvalue weighted by molar-refractivity contribution is -0.133. The van der Waals surface area contributed by atoms with Gasteiger partial charge in [-0.3, -0.25) is 14.5 Å². The zero-order valence-corrected chi connectivity index (χ0v) is 11.3. The van der Waals surface area contributed by atoms with Crippen molar-refractivity contribution in [2.45, 2.75) is 12.8 Å². The summed E-state index contributed by atoms with van der Waals surface area (Å²) in [5.41, 5.74) is 0. The van der Waals surface area contributed by atoms with Gasteiger partial charge in [0.05, 0.1) is 6.54 Å². The lowest BCUT2D eigenvalue weighted by atomic mass is 10.2. The molecular weight excluding hydrogens is 246 g/mol. The van der Waals surface area contributed by atoms with E-state index in [2.05, 4.69) is 11.9 Å². The van der Waals surface area contributed by atoms with Crippen molar-refractivity contribution in [3.63, 3.8) is 0 Å². The maximum atomic E-state index is 11.7. The monoisotopic (exact) mass is 269 g/mol. The van der Waals surface area contributed by atoms with E-state index >= 15 is 0 Å². The van der Waals surface area contributed by atoms with Crippen molar-refractivity contribution in [2.24, 2.45) is 0 Å². The Hall–Kier alpha value is -1.40. The SMILES string of the molecule is C=CCNC(=O)CN1CCN(C(=O)CCCO)CC1. The van der Waals surface area contributed by atoms with Crippen molar-refractivity contribution in [3.8, 4) is 0 Å². The number of nitrogens with zero attached hydrogens (tertiary/aromatic N) is 2. The first-order valence-electron chi connectivity index (χ1n) is 6.66. The molecule has 0 radical (unpaired) electrons. The number of hydrogen-bond acceptors (Lipinski definition) is 4. The Morgan fingerprint density at radius 2 is 1.95 bits per heavy atom. The van der Waals surface area contributed by atoms with Crippen LogP contribution in [0.25, 0.3) is 0 Å². The van der Waals surface area contributed by atoms with Gasteiger partial charge in [-0.2, -0.15) is 0 Å². The third kappa shape index (κ3) is 5.85. The average Bonchev–Trinajstić information content (AvgIpc) is 2.43. The fourth-order valence-corrected chi connectivity index (χ4v) is 1.99. The second-order valence-corrected chi connectivity index (χ2v) is 4.58.